The first-order chi connectivity index (χ1) is 11.1. The van der Waals surface area contributed by atoms with E-state index in [-0.39, 0.29) is 25.6 Å². The number of carbonyl (C=O) groups excluding carboxylic acids is 2. The smallest absolute Gasteiger partial charge is 0.248 e. The van der Waals surface area contributed by atoms with Crippen molar-refractivity contribution >= 4 is 23.2 Å². The van der Waals surface area contributed by atoms with Crippen molar-refractivity contribution in [1.29, 1.82) is 0 Å². The lowest BCUT2D eigenvalue weighted by Crippen LogP contribution is -2.37. The molecule has 0 aliphatic carbocycles. The van der Waals surface area contributed by atoms with E-state index in [1.165, 1.54) is 4.90 Å². The van der Waals surface area contributed by atoms with E-state index in [1.807, 2.05) is 30.3 Å². The molecule has 0 unspecified atom stereocenters. The Hall–Kier alpha value is -2.86. The lowest BCUT2D eigenvalue weighted by atomic mass is 10.2. The minimum absolute atomic E-state index is 0.0742. The van der Waals surface area contributed by atoms with Crippen LogP contribution in [0.25, 0.3) is 0 Å². The molecule has 0 saturated carbocycles. The first kappa shape index (κ1) is 16.5. The maximum absolute atomic E-state index is 12.4. The van der Waals surface area contributed by atoms with Gasteiger partial charge in [0.2, 0.25) is 11.8 Å². The molecule has 120 valence electrons. The molecular formula is C17H19N3O3. The van der Waals surface area contributed by atoms with E-state index in [1.54, 1.807) is 24.3 Å². The lowest BCUT2D eigenvalue weighted by Gasteiger charge is -2.22. The summed E-state index contributed by atoms with van der Waals surface area (Å²) in [6.07, 6.45) is 0. The SMILES string of the molecule is NC(=O)c1ccc(NCC(=O)N(CCO)c2ccccc2)cc1. The van der Waals surface area contributed by atoms with Crippen LogP contribution in [0.1, 0.15) is 10.4 Å². The predicted molar refractivity (Wildman–Crippen MR) is 89.3 cm³/mol. The van der Waals surface area contributed by atoms with Crippen LogP contribution in [0.4, 0.5) is 11.4 Å². The number of amides is 2. The van der Waals surface area contributed by atoms with Gasteiger partial charge in [0, 0.05) is 23.5 Å². The van der Waals surface area contributed by atoms with Crippen molar-refractivity contribution in [3.8, 4) is 0 Å². The Balaban J connectivity index is 2.00. The number of carbonyl (C=O) groups is 2. The highest BCUT2D eigenvalue weighted by Crippen LogP contribution is 2.14. The van der Waals surface area contributed by atoms with Crippen molar-refractivity contribution in [2.45, 2.75) is 0 Å². The third-order valence-electron chi connectivity index (χ3n) is 3.31. The van der Waals surface area contributed by atoms with E-state index in [2.05, 4.69) is 5.32 Å². The molecular weight excluding hydrogens is 294 g/mol. The van der Waals surface area contributed by atoms with Gasteiger partial charge in [0.05, 0.1) is 13.2 Å². The molecule has 0 aromatic heterocycles. The number of para-hydroxylation sites is 1. The van der Waals surface area contributed by atoms with Crippen LogP contribution in [-0.2, 0) is 4.79 Å². The number of hydrogen-bond donors (Lipinski definition) is 3. The summed E-state index contributed by atoms with van der Waals surface area (Å²) in [7, 11) is 0. The van der Waals surface area contributed by atoms with Gasteiger partial charge in [-0.1, -0.05) is 18.2 Å². The van der Waals surface area contributed by atoms with Gasteiger partial charge >= 0.3 is 0 Å². The van der Waals surface area contributed by atoms with E-state index in [0.717, 1.165) is 5.69 Å². The number of aliphatic hydroxyl groups excluding tert-OH is 1. The summed E-state index contributed by atoms with van der Waals surface area (Å²) in [5, 5.41) is 12.2. The Morgan fingerprint density at radius 3 is 2.26 bits per heavy atom. The van der Waals surface area contributed by atoms with Crippen molar-refractivity contribution in [2.24, 2.45) is 5.73 Å². The monoisotopic (exact) mass is 313 g/mol. The molecule has 4 N–H and O–H groups in total. The number of rotatable bonds is 7. The summed E-state index contributed by atoms with van der Waals surface area (Å²) in [6, 6.07) is 15.7. The summed E-state index contributed by atoms with van der Waals surface area (Å²) in [5.74, 6) is -0.657. The fourth-order valence-electron chi connectivity index (χ4n) is 2.13. The molecule has 0 aliphatic rings. The number of hydrogen-bond acceptors (Lipinski definition) is 4. The topological polar surface area (TPSA) is 95.7 Å². The third kappa shape index (κ3) is 4.55. The first-order valence-electron chi connectivity index (χ1n) is 7.22. The Morgan fingerprint density at radius 1 is 1.04 bits per heavy atom. The van der Waals surface area contributed by atoms with Crippen LogP contribution in [0.3, 0.4) is 0 Å². The summed E-state index contributed by atoms with van der Waals surface area (Å²) in [4.78, 5) is 24.9. The van der Waals surface area contributed by atoms with Gasteiger partial charge in [-0.15, -0.1) is 0 Å². The standard InChI is InChI=1S/C17H19N3O3/c18-17(23)13-6-8-14(9-7-13)19-12-16(22)20(10-11-21)15-4-2-1-3-5-15/h1-9,19,21H,10-12H2,(H2,18,23). The number of nitrogens with two attached hydrogens (primary N) is 1. The zero-order valence-electron chi connectivity index (χ0n) is 12.6. The molecule has 0 bridgehead atoms. The third-order valence-corrected chi connectivity index (χ3v) is 3.31. The molecule has 2 rings (SSSR count). The van der Waals surface area contributed by atoms with E-state index in [4.69, 9.17) is 10.8 Å². The summed E-state index contributed by atoms with van der Waals surface area (Å²) >= 11 is 0. The molecule has 2 amide bonds. The molecule has 23 heavy (non-hydrogen) atoms. The van der Waals surface area contributed by atoms with Gasteiger partial charge in [-0.2, -0.15) is 0 Å². The molecule has 0 radical (unpaired) electrons. The highest BCUT2D eigenvalue weighted by molar-refractivity contribution is 5.96. The Kier molecular flexibility index (Phi) is 5.71. The predicted octanol–water partition coefficient (Wildman–Crippen LogP) is 1.22. The molecule has 0 atom stereocenters. The fourth-order valence-corrected chi connectivity index (χ4v) is 2.13. The Morgan fingerprint density at radius 2 is 1.70 bits per heavy atom. The number of benzene rings is 2. The molecule has 0 saturated heterocycles. The number of nitrogens with one attached hydrogen (secondary N) is 1. The largest absolute Gasteiger partial charge is 0.395 e. The van der Waals surface area contributed by atoms with E-state index in [9.17, 15) is 9.59 Å². The fraction of sp³-hybridized carbons (Fsp3) is 0.176. The number of aliphatic hydroxyl groups is 1. The van der Waals surface area contributed by atoms with Crippen LogP contribution in [0.15, 0.2) is 54.6 Å². The second-order valence-corrected chi connectivity index (χ2v) is 4.90. The van der Waals surface area contributed by atoms with Crippen LogP contribution < -0.4 is 16.0 Å². The zero-order valence-corrected chi connectivity index (χ0v) is 12.6. The second kappa shape index (κ2) is 7.95. The van der Waals surface area contributed by atoms with E-state index < -0.39 is 5.91 Å². The van der Waals surface area contributed by atoms with Gasteiger partial charge in [0.1, 0.15) is 0 Å². The second-order valence-electron chi connectivity index (χ2n) is 4.90. The van der Waals surface area contributed by atoms with Crippen molar-refractivity contribution in [3.05, 3.63) is 60.2 Å². The lowest BCUT2D eigenvalue weighted by molar-refractivity contribution is -0.117. The van der Waals surface area contributed by atoms with Gasteiger partial charge < -0.3 is 21.1 Å². The van der Waals surface area contributed by atoms with Crippen molar-refractivity contribution < 1.29 is 14.7 Å². The summed E-state index contributed by atoms with van der Waals surface area (Å²) in [6.45, 7) is 0.184. The molecule has 0 fully saturated rings. The molecule has 6 heteroatoms. The average molecular weight is 313 g/mol. The minimum atomic E-state index is -0.495. The summed E-state index contributed by atoms with van der Waals surface area (Å²) < 4.78 is 0. The van der Waals surface area contributed by atoms with Crippen LogP contribution >= 0.6 is 0 Å². The first-order valence-corrected chi connectivity index (χ1v) is 7.22. The van der Waals surface area contributed by atoms with Crippen LogP contribution in [0.2, 0.25) is 0 Å². The molecule has 0 heterocycles. The van der Waals surface area contributed by atoms with Gasteiger partial charge in [0.25, 0.3) is 0 Å². The Labute approximate surface area is 134 Å². The van der Waals surface area contributed by atoms with Crippen molar-refractivity contribution in [3.63, 3.8) is 0 Å². The number of primary amides is 1. The van der Waals surface area contributed by atoms with Gasteiger partial charge in [-0.05, 0) is 36.4 Å². The molecule has 2 aromatic carbocycles. The van der Waals surface area contributed by atoms with Gasteiger partial charge in [-0.25, -0.2) is 0 Å². The van der Waals surface area contributed by atoms with Crippen LogP contribution in [-0.4, -0.2) is 36.6 Å². The molecule has 2 aromatic rings. The number of nitrogens with zero attached hydrogens (tertiary/aromatic N) is 1. The average Bonchev–Trinajstić information content (AvgIpc) is 2.58. The maximum Gasteiger partial charge on any atom is 0.248 e. The van der Waals surface area contributed by atoms with E-state index >= 15 is 0 Å². The van der Waals surface area contributed by atoms with Gasteiger partial charge in [0.15, 0.2) is 0 Å². The van der Waals surface area contributed by atoms with Crippen LogP contribution in [0.5, 0.6) is 0 Å². The van der Waals surface area contributed by atoms with E-state index in [0.29, 0.717) is 11.3 Å². The molecule has 6 nitrogen and oxygen atoms in total. The highest BCUT2D eigenvalue weighted by Gasteiger charge is 2.14. The molecule has 0 aliphatic heterocycles. The summed E-state index contributed by atoms with van der Waals surface area (Å²) in [5.41, 5.74) is 7.03. The number of anilines is 2. The van der Waals surface area contributed by atoms with Gasteiger partial charge in [-0.3, -0.25) is 9.59 Å². The normalized spacial score (nSPS) is 10.1. The zero-order chi connectivity index (χ0) is 16.7. The quantitative estimate of drug-likeness (QED) is 0.716. The maximum atomic E-state index is 12.4. The molecule has 0 spiro atoms. The highest BCUT2D eigenvalue weighted by atomic mass is 16.3. The van der Waals surface area contributed by atoms with Crippen LogP contribution in [0, 0.1) is 0 Å². The minimum Gasteiger partial charge on any atom is -0.395 e. The Bertz CT molecular complexity index is 657. The van der Waals surface area contributed by atoms with Crippen molar-refractivity contribution in [1.82, 2.24) is 0 Å². The van der Waals surface area contributed by atoms with Crippen molar-refractivity contribution in [2.75, 3.05) is 29.9 Å².